The summed E-state index contributed by atoms with van der Waals surface area (Å²) in [5.74, 6) is 1.85. The van der Waals surface area contributed by atoms with E-state index in [4.69, 9.17) is 9.47 Å². The Kier molecular flexibility index (Phi) is 6.50. The summed E-state index contributed by atoms with van der Waals surface area (Å²) in [7, 11) is 0. The average Bonchev–Trinajstić information content (AvgIpc) is 2.26. The molecule has 0 spiro atoms. The van der Waals surface area contributed by atoms with E-state index in [9.17, 15) is 4.79 Å². The van der Waals surface area contributed by atoms with Crippen molar-refractivity contribution in [2.24, 2.45) is 17.8 Å². The van der Waals surface area contributed by atoms with Crippen molar-refractivity contribution in [3.05, 3.63) is 0 Å². The second kappa shape index (κ2) is 7.44. The monoisotopic (exact) mass is 284 g/mol. The second-order valence-corrected chi connectivity index (χ2v) is 7.57. The number of carbonyl (C=O) groups excluding carboxylic acids is 1. The van der Waals surface area contributed by atoms with Gasteiger partial charge in [-0.05, 0) is 51.4 Å². The predicted molar refractivity (Wildman–Crippen MR) is 81.5 cm³/mol. The lowest BCUT2D eigenvalue weighted by Crippen LogP contribution is -2.35. The van der Waals surface area contributed by atoms with Crippen LogP contribution in [0.2, 0.25) is 0 Å². The molecular formula is C17H32O3. The molecule has 0 heterocycles. The quantitative estimate of drug-likeness (QED) is 0.710. The highest BCUT2D eigenvalue weighted by Gasteiger charge is 2.31. The van der Waals surface area contributed by atoms with E-state index in [1.54, 1.807) is 0 Å². The smallest absolute Gasteiger partial charge is 0.308 e. The van der Waals surface area contributed by atoms with E-state index >= 15 is 0 Å². The molecule has 3 atom stereocenters. The number of hydrogen-bond acceptors (Lipinski definition) is 3. The van der Waals surface area contributed by atoms with Gasteiger partial charge in [-0.3, -0.25) is 4.79 Å². The molecular weight excluding hydrogens is 252 g/mol. The van der Waals surface area contributed by atoms with Crippen LogP contribution in [0.25, 0.3) is 0 Å². The van der Waals surface area contributed by atoms with Gasteiger partial charge in [-0.25, -0.2) is 0 Å². The summed E-state index contributed by atoms with van der Waals surface area (Å²) < 4.78 is 11.3. The van der Waals surface area contributed by atoms with Gasteiger partial charge in [-0.2, -0.15) is 0 Å². The summed E-state index contributed by atoms with van der Waals surface area (Å²) in [5.41, 5.74) is -0.406. The molecule has 3 nitrogen and oxygen atoms in total. The highest BCUT2D eigenvalue weighted by molar-refractivity contribution is 5.69. The van der Waals surface area contributed by atoms with Gasteiger partial charge in [0.25, 0.3) is 0 Å². The number of carbonyl (C=O) groups is 1. The standard InChI is InChI=1S/C17H32O3/c1-12(2)14-8-7-13(3)11-15(14)19-10-9-16(18)20-17(4,5)6/h12-15H,7-11H2,1-6H3. The molecule has 0 N–H and O–H groups in total. The van der Waals surface area contributed by atoms with Crippen molar-refractivity contribution in [2.45, 2.75) is 78.9 Å². The third kappa shape index (κ3) is 6.25. The summed E-state index contributed by atoms with van der Waals surface area (Å²) in [5, 5.41) is 0. The third-order valence-corrected chi connectivity index (χ3v) is 4.02. The molecule has 1 fully saturated rings. The predicted octanol–water partition coefficient (Wildman–Crippen LogP) is 4.20. The molecule has 0 bridgehead atoms. The van der Waals surface area contributed by atoms with Crippen LogP contribution in [0.3, 0.4) is 0 Å². The van der Waals surface area contributed by atoms with E-state index in [0.717, 1.165) is 12.3 Å². The molecule has 20 heavy (non-hydrogen) atoms. The zero-order valence-corrected chi connectivity index (χ0v) is 14.1. The number of ether oxygens (including phenoxy) is 2. The van der Waals surface area contributed by atoms with E-state index < -0.39 is 5.60 Å². The normalized spacial score (nSPS) is 27.6. The maximum atomic E-state index is 11.7. The molecule has 3 unspecified atom stereocenters. The lowest BCUT2D eigenvalue weighted by Gasteiger charge is -2.37. The van der Waals surface area contributed by atoms with Gasteiger partial charge >= 0.3 is 5.97 Å². The minimum atomic E-state index is -0.406. The van der Waals surface area contributed by atoms with Crippen molar-refractivity contribution in [3.8, 4) is 0 Å². The van der Waals surface area contributed by atoms with Gasteiger partial charge in [0.2, 0.25) is 0 Å². The summed E-state index contributed by atoms with van der Waals surface area (Å²) in [6.45, 7) is 13.0. The molecule has 1 saturated carbocycles. The van der Waals surface area contributed by atoms with E-state index in [1.165, 1.54) is 12.8 Å². The Morgan fingerprint density at radius 1 is 1.25 bits per heavy atom. The van der Waals surface area contributed by atoms with Gasteiger partial charge in [0.05, 0.1) is 19.1 Å². The zero-order valence-electron chi connectivity index (χ0n) is 14.1. The van der Waals surface area contributed by atoms with Crippen LogP contribution < -0.4 is 0 Å². The first kappa shape index (κ1) is 17.5. The zero-order chi connectivity index (χ0) is 15.3. The molecule has 1 aliphatic carbocycles. The van der Waals surface area contributed by atoms with Crippen LogP contribution in [0.4, 0.5) is 0 Å². The fourth-order valence-corrected chi connectivity index (χ4v) is 2.99. The molecule has 0 aromatic carbocycles. The SMILES string of the molecule is CC1CCC(C(C)C)C(OCCC(=O)OC(C)(C)C)C1. The second-order valence-electron chi connectivity index (χ2n) is 7.57. The molecule has 0 amide bonds. The van der Waals surface area contributed by atoms with Crippen molar-refractivity contribution in [2.75, 3.05) is 6.61 Å². The fraction of sp³-hybridized carbons (Fsp3) is 0.941. The highest BCUT2D eigenvalue weighted by Crippen LogP contribution is 2.35. The molecule has 0 radical (unpaired) electrons. The van der Waals surface area contributed by atoms with Crippen LogP contribution in [-0.4, -0.2) is 24.3 Å². The van der Waals surface area contributed by atoms with E-state index in [1.807, 2.05) is 20.8 Å². The van der Waals surface area contributed by atoms with Crippen LogP contribution >= 0.6 is 0 Å². The van der Waals surface area contributed by atoms with Gasteiger partial charge in [-0.1, -0.05) is 27.2 Å². The largest absolute Gasteiger partial charge is 0.460 e. The van der Waals surface area contributed by atoms with Gasteiger partial charge in [0.1, 0.15) is 5.60 Å². The number of esters is 1. The van der Waals surface area contributed by atoms with Crippen LogP contribution in [0, 0.1) is 17.8 Å². The van der Waals surface area contributed by atoms with Gasteiger partial charge in [0, 0.05) is 0 Å². The minimum absolute atomic E-state index is 0.164. The highest BCUT2D eigenvalue weighted by atomic mass is 16.6. The summed E-state index contributed by atoms with van der Waals surface area (Å²) in [4.78, 5) is 11.7. The Morgan fingerprint density at radius 3 is 2.45 bits per heavy atom. The lowest BCUT2D eigenvalue weighted by atomic mass is 9.75. The Bertz CT molecular complexity index is 304. The maximum absolute atomic E-state index is 11.7. The van der Waals surface area contributed by atoms with Gasteiger partial charge in [-0.15, -0.1) is 0 Å². The Morgan fingerprint density at radius 2 is 1.90 bits per heavy atom. The van der Waals surface area contributed by atoms with Crippen molar-refractivity contribution < 1.29 is 14.3 Å². The summed E-state index contributed by atoms with van der Waals surface area (Å²) >= 11 is 0. The van der Waals surface area contributed by atoms with Crippen LogP contribution in [0.5, 0.6) is 0 Å². The van der Waals surface area contributed by atoms with Crippen LogP contribution in [-0.2, 0) is 14.3 Å². The molecule has 1 rings (SSSR count). The van der Waals surface area contributed by atoms with Crippen molar-refractivity contribution in [1.29, 1.82) is 0 Å². The molecule has 0 saturated heterocycles. The molecule has 0 aliphatic heterocycles. The third-order valence-electron chi connectivity index (χ3n) is 4.02. The summed E-state index contributed by atoms with van der Waals surface area (Å²) in [6, 6.07) is 0. The minimum Gasteiger partial charge on any atom is -0.460 e. The van der Waals surface area contributed by atoms with Crippen LogP contribution in [0.15, 0.2) is 0 Å². The maximum Gasteiger partial charge on any atom is 0.308 e. The summed E-state index contributed by atoms with van der Waals surface area (Å²) in [6.07, 6.45) is 4.33. The topological polar surface area (TPSA) is 35.5 Å². The van der Waals surface area contributed by atoms with Gasteiger partial charge in [0.15, 0.2) is 0 Å². The van der Waals surface area contributed by atoms with Gasteiger partial charge < -0.3 is 9.47 Å². The molecule has 0 aromatic rings. The molecule has 1 aliphatic rings. The van der Waals surface area contributed by atoms with Crippen molar-refractivity contribution in [1.82, 2.24) is 0 Å². The van der Waals surface area contributed by atoms with Crippen molar-refractivity contribution >= 4 is 5.97 Å². The van der Waals surface area contributed by atoms with Crippen LogP contribution in [0.1, 0.15) is 67.2 Å². The van der Waals surface area contributed by atoms with E-state index in [-0.39, 0.29) is 5.97 Å². The number of rotatable bonds is 5. The Hall–Kier alpha value is -0.570. The molecule has 118 valence electrons. The Balaban J connectivity index is 2.36. The molecule has 3 heteroatoms. The lowest BCUT2D eigenvalue weighted by molar-refractivity contribution is -0.157. The number of hydrogen-bond donors (Lipinski definition) is 0. The van der Waals surface area contributed by atoms with E-state index in [0.29, 0.717) is 31.0 Å². The van der Waals surface area contributed by atoms with Crippen molar-refractivity contribution in [3.63, 3.8) is 0 Å². The fourth-order valence-electron chi connectivity index (χ4n) is 2.99. The first-order valence-electron chi connectivity index (χ1n) is 8.02. The first-order valence-corrected chi connectivity index (χ1v) is 8.02. The average molecular weight is 284 g/mol. The molecule has 0 aromatic heterocycles. The first-order chi connectivity index (χ1) is 9.19. The van der Waals surface area contributed by atoms with E-state index in [2.05, 4.69) is 20.8 Å². The Labute approximate surface area is 124 Å².